The normalized spacial score (nSPS) is 22.3. The molecule has 9 heteroatoms. The average molecular weight is 487 g/mol. The molecule has 0 bridgehead atoms. The molecular formula is C26H24F3NO5. The van der Waals surface area contributed by atoms with Crippen molar-refractivity contribution in [1.29, 1.82) is 5.26 Å². The number of benzene rings is 2. The van der Waals surface area contributed by atoms with Crippen LogP contribution in [-0.2, 0) is 25.2 Å². The van der Waals surface area contributed by atoms with E-state index >= 15 is 0 Å². The Kier molecular flexibility index (Phi) is 7.54. The number of hydrogen-bond donors (Lipinski definition) is 1. The Hall–Kier alpha value is -3.80. The summed E-state index contributed by atoms with van der Waals surface area (Å²) in [4.78, 5) is 26.5. The lowest BCUT2D eigenvalue weighted by Gasteiger charge is -2.44. The Labute approximate surface area is 200 Å². The monoisotopic (exact) mass is 487 g/mol. The van der Waals surface area contributed by atoms with E-state index < -0.39 is 57.8 Å². The van der Waals surface area contributed by atoms with Crippen molar-refractivity contribution in [2.45, 2.75) is 38.3 Å². The average Bonchev–Trinajstić information content (AvgIpc) is 2.83. The van der Waals surface area contributed by atoms with Crippen LogP contribution in [0.5, 0.6) is 0 Å². The van der Waals surface area contributed by atoms with Crippen molar-refractivity contribution in [3.8, 4) is 6.07 Å². The van der Waals surface area contributed by atoms with Crippen LogP contribution < -0.4 is 0 Å². The number of halogens is 3. The van der Waals surface area contributed by atoms with E-state index in [4.69, 9.17) is 9.47 Å². The fourth-order valence-corrected chi connectivity index (χ4v) is 4.68. The van der Waals surface area contributed by atoms with Gasteiger partial charge in [-0.25, -0.2) is 4.79 Å². The molecule has 2 aromatic carbocycles. The lowest BCUT2D eigenvalue weighted by atomic mass is 9.56. The molecule has 1 N–H and O–H groups in total. The van der Waals surface area contributed by atoms with Crippen LogP contribution in [0.25, 0.3) is 0 Å². The predicted octanol–water partition coefficient (Wildman–Crippen LogP) is 5.42. The zero-order valence-corrected chi connectivity index (χ0v) is 19.1. The number of carbonyl (C=O) groups excluding carboxylic acids is 2. The summed E-state index contributed by atoms with van der Waals surface area (Å²) in [5.41, 5.74) is -4.11. The molecule has 0 heterocycles. The molecule has 0 saturated heterocycles. The number of alkyl halides is 3. The van der Waals surface area contributed by atoms with Crippen LogP contribution in [0.1, 0.15) is 48.8 Å². The first-order valence-corrected chi connectivity index (χ1v) is 11.0. The number of nitrogens with zero attached hydrogens (tertiary/aromatic N) is 1. The second-order valence-electron chi connectivity index (χ2n) is 7.97. The maximum Gasteiger partial charge on any atom is 0.416 e. The Morgan fingerprint density at radius 2 is 1.66 bits per heavy atom. The van der Waals surface area contributed by atoms with Crippen molar-refractivity contribution in [2.24, 2.45) is 5.41 Å². The number of ether oxygens (including phenoxy) is 2. The van der Waals surface area contributed by atoms with E-state index in [2.05, 4.69) is 0 Å². The largest absolute Gasteiger partial charge is 0.512 e. The quantitative estimate of drug-likeness (QED) is 0.546. The molecule has 2 aromatic rings. The fourth-order valence-electron chi connectivity index (χ4n) is 4.68. The van der Waals surface area contributed by atoms with Gasteiger partial charge in [0.05, 0.1) is 36.3 Å². The summed E-state index contributed by atoms with van der Waals surface area (Å²) < 4.78 is 52.6. The van der Waals surface area contributed by atoms with Gasteiger partial charge in [0.1, 0.15) is 5.76 Å². The van der Waals surface area contributed by atoms with Gasteiger partial charge in [-0.15, -0.1) is 0 Å². The first kappa shape index (κ1) is 25.8. The number of carbonyl (C=O) groups is 2. The summed E-state index contributed by atoms with van der Waals surface area (Å²) >= 11 is 0. The van der Waals surface area contributed by atoms with Crippen LogP contribution in [0, 0.1) is 16.7 Å². The van der Waals surface area contributed by atoms with Gasteiger partial charge in [0, 0.05) is 12.3 Å². The fraction of sp³-hybridized carbons (Fsp3) is 0.346. The lowest BCUT2D eigenvalue weighted by molar-refractivity contribution is -0.156. The molecule has 0 aromatic heterocycles. The highest BCUT2D eigenvalue weighted by Crippen LogP contribution is 2.58. The predicted molar refractivity (Wildman–Crippen MR) is 119 cm³/mol. The van der Waals surface area contributed by atoms with Crippen molar-refractivity contribution < 1.29 is 37.3 Å². The van der Waals surface area contributed by atoms with Gasteiger partial charge >= 0.3 is 18.1 Å². The molecule has 3 unspecified atom stereocenters. The van der Waals surface area contributed by atoms with Crippen molar-refractivity contribution >= 4 is 11.9 Å². The van der Waals surface area contributed by atoms with Gasteiger partial charge in [0.2, 0.25) is 0 Å². The van der Waals surface area contributed by atoms with Crippen LogP contribution in [0.15, 0.2) is 65.9 Å². The van der Waals surface area contributed by atoms with Crippen molar-refractivity contribution in [2.75, 3.05) is 13.2 Å². The number of esters is 2. The van der Waals surface area contributed by atoms with Crippen molar-refractivity contribution in [3.63, 3.8) is 0 Å². The Morgan fingerprint density at radius 3 is 2.23 bits per heavy atom. The van der Waals surface area contributed by atoms with Crippen LogP contribution in [0.3, 0.4) is 0 Å². The van der Waals surface area contributed by atoms with E-state index in [9.17, 15) is 33.1 Å². The van der Waals surface area contributed by atoms with Crippen molar-refractivity contribution in [3.05, 3.63) is 82.6 Å². The highest BCUT2D eigenvalue weighted by atomic mass is 19.4. The number of aliphatic hydroxyl groups excluding tert-OH is 1. The van der Waals surface area contributed by atoms with Gasteiger partial charge < -0.3 is 14.6 Å². The Morgan fingerprint density at radius 1 is 1.06 bits per heavy atom. The number of nitriles is 1. The summed E-state index contributed by atoms with van der Waals surface area (Å²) in [5.74, 6) is -5.68. The Bertz CT molecular complexity index is 1170. The van der Waals surface area contributed by atoms with Crippen LogP contribution in [-0.4, -0.2) is 30.3 Å². The molecule has 0 fully saturated rings. The highest BCUT2D eigenvalue weighted by molar-refractivity contribution is 5.96. The SMILES string of the molecule is CCOC(=O)C1=C(O)CC(c2ccccc2)C(C#N)(C(=O)OCC)C1c1ccccc1C(F)(F)F. The van der Waals surface area contributed by atoms with E-state index in [1.165, 1.54) is 19.9 Å². The van der Waals surface area contributed by atoms with Gasteiger partial charge in [-0.2, -0.15) is 18.4 Å². The minimum atomic E-state index is -4.87. The molecule has 184 valence electrons. The summed E-state index contributed by atoms with van der Waals surface area (Å²) in [5, 5.41) is 21.5. The van der Waals surface area contributed by atoms with Gasteiger partial charge in [-0.05, 0) is 31.0 Å². The molecule has 0 spiro atoms. The van der Waals surface area contributed by atoms with Gasteiger partial charge in [0.25, 0.3) is 0 Å². The number of aliphatic hydroxyl groups is 1. The molecule has 0 aliphatic heterocycles. The third kappa shape index (κ3) is 4.61. The second kappa shape index (κ2) is 10.2. The molecule has 0 radical (unpaired) electrons. The smallest absolute Gasteiger partial charge is 0.416 e. The first-order chi connectivity index (χ1) is 16.6. The topological polar surface area (TPSA) is 96.6 Å². The molecule has 1 aliphatic rings. The zero-order valence-electron chi connectivity index (χ0n) is 19.1. The molecule has 1 aliphatic carbocycles. The molecule has 0 saturated carbocycles. The summed E-state index contributed by atoms with van der Waals surface area (Å²) in [6.07, 6.45) is -5.23. The maximum absolute atomic E-state index is 14.1. The van der Waals surface area contributed by atoms with E-state index in [1.54, 1.807) is 30.3 Å². The lowest BCUT2D eigenvalue weighted by Crippen LogP contribution is -2.48. The molecule has 35 heavy (non-hydrogen) atoms. The van der Waals surface area contributed by atoms with E-state index in [0.717, 1.165) is 18.2 Å². The molecule has 6 nitrogen and oxygen atoms in total. The number of rotatable bonds is 6. The molecular weight excluding hydrogens is 463 g/mol. The van der Waals surface area contributed by atoms with Gasteiger partial charge in [-0.3, -0.25) is 4.79 Å². The maximum atomic E-state index is 14.1. The van der Waals surface area contributed by atoms with E-state index in [-0.39, 0.29) is 19.6 Å². The molecule has 3 atom stereocenters. The second-order valence-corrected chi connectivity index (χ2v) is 7.97. The number of allylic oxidation sites excluding steroid dienone is 1. The number of hydrogen-bond acceptors (Lipinski definition) is 6. The standard InChI is InChI=1S/C26H24F3NO5/c1-3-34-23(32)21-20(31)14-19(16-10-6-5-7-11-16)25(15-30,24(33)35-4-2)22(21)17-12-8-9-13-18(17)26(27,28)29/h5-13,19,22,31H,3-4,14H2,1-2H3. The highest BCUT2D eigenvalue weighted by Gasteiger charge is 2.61. The summed E-state index contributed by atoms with van der Waals surface area (Å²) in [7, 11) is 0. The van der Waals surface area contributed by atoms with Gasteiger partial charge in [0.15, 0.2) is 5.41 Å². The van der Waals surface area contributed by atoms with E-state index in [0.29, 0.717) is 5.56 Å². The first-order valence-electron chi connectivity index (χ1n) is 11.0. The third-order valence-electron chi connectivity index (χ3n) is 6.07. The molecule has 0 amide bonds. The van der Waals surface area contributed by atoms with Crippen LogP contribution in [0.4, 0.5) is 13.2 Å². The van der Waals surface area contributed by atoms with E-state index in [1.807, 2.05) is 6.07 Å². The zero-order chi connectivity index (χ0) is 25.8. The third-order valence-corrected chi connectivity index (χ3v) is 6.07. The summed E-state index contributed by atoms with van der Waals surface area (Å²) in [6.45, 7) is 2.71. The molecule has 3 rings (SSSR count). The minimum absolute atomic E-state index is 0.135. The van der Waals surface area contributed by atoms with Crippen molar-refractivity contribution in [1.82, 2.24) is 0 Å². The van der Waals surface area contributed by atoms with Crippen LogP contribution in [0.2, 0.25) is 0 Å². The van der Waals surface area contributed by atoms with Crippen LogP contribution >= 0.6 is 0 Å². The Balaban J connectivity index is 2.47. The minimum Gasteiger partial charge on any atom is -0.512 e. The summed E-state index contributed by atoms with van der Waals surface area (Å²) in [6, 6.07) is 14.5. The van der Waals surface area contributed by atoms with Gasteiger partial charge in [-0.1, -0.05) is 48.5 Å².